The quantitative estimate of drug-likeness (QED) is 0.356. The van der Waals surface area contributed by atoms with E-state index in [0.29, 0.717) is 18.0 Å². The highest BCUT2D eigenvalue weighted by Gasteiger charge is 2.07. The van der Waals surface area contributed by atoms with Gasteiger partial charge in [0, 0.05) is 35.5 Å². The molecule has 8 heteroatoms. The van der Waals surface area contributed by atoms with Crippen molar-refractivity contribution in [3.8, 4) is 5.75 Å². The third kappa shape index (κ3) is 8.34. The number of rotatable bonds is 11. The first kappa shape index (κ1) is 25.4. The molecule has 0 radical (unpaired) electrons. The number of hydrogen-bond acceptors (Lipinski definition) is 5. The third-order valence-electron chi connectivity index (χ3n) is 4.84. The first-order valence-corrected chi connectivity index (χ1v) is 11.4. The van der Waals surface area contributed by atoms with E-state index < -0.39 is 5.91 Å². The molecular weight excluding hydrogens is 472 g/mol. The van der Waals surface area contributed by atoms with Crippen LogP contribution >= 0.6 is 15.9 Å². The van der Waals surface area contributed by atoms with Gasteiger partial charge in [0.1, 0.15) is 5.75 Å². The van der Waals surface area contributed by atoms with E-state index in [1.54, 1.807) is 13.0 Å². The van der Waals surface area contributed by atoms with Gasteiger partial charge >= 0.3 is 0 Å². The van der Waals surface area contributed by atoms with Gasteiger partial charge in [-0.1, -0.05) is 28.1 Å². The lowest BCUT2D eigenvalue weighted by Crippen LogP contribution is -2.28. The molecule has 0 unspecified atom stereocenters. The van der Waals surface area contributed by atoms with Crippen LogP contribution in [0.25, 0.3) is 0 Å². The molecule has 172 valence electrons. The van der Waals surface area contributed by atoms with Crippen molar-refractivity contribution in [2.75, 3.05) is 24.6 Å². The Morgan fingerprint density at radius 2 is 1.75 bits per heavy atom. The maximum absolute atomic E-state index is 12.2. The Morgan fingerprint density at radius 3 is 2.38 bits per heavy atom. The fraction of sp³-hybridized carbons (Fsp3) is 0.375. The normalized spacial score (nSPS) is 11.1. The van der Waals surface area contributed by atoms with Gasteiger partial charge in [-0.25, -0.2) is 5.43 Å². The number of aryl methyl sites for hydroxylation is 1. The molecule has 0 aliphatic heterocycles. The molecule has 2 N–H and O–H groups in total. The van der Waals surface area contributed by atoms with Crippen LogP contribution in [0.1, 0.15) is 38.3 Å². The van der Waals surface area contributed by atoms with Gasteiger partial charge in [-0.2, -0.15) is 5.10 Å². The summed E-state index contributed by atoms with van der Waals surface area (Å²) in [5.41, 5.74) is 6.13. The monoisotopic (exact) mass is 502 g/mol. The van der Waals surface area contributed by atoms with Crippen molar-refractivity contribution in [3.05, 3.63) is 58.1 Å². The Balaban J connectivity index is 1.73. The summed E-state index contributed by atoms with van der Waals surface area (Å²) < 4.78 is 6.43. The van der Waals surface area contributed by atoms with E-state index >= 15 is 0 Å². The number of amides is 2. The van der Waals surface area contributed by atoms with Crippen molar-refractivity contribution in [2.45, 2.75) is 40.7 Å². The largest absolute Gasteiger partial charge is 0.484 e. The van der Waals surface area contributed by atoms with Crippen molar-refractivity contribution >= 4 is 39.1 Å². The summed E-state index contributed by atoms with van der Waals surface area (Å²) in [6, 6.07) is 13.6. The molecule has 7 nitrogen and oxygen atoms in total. The Bertz CT molecular complexity index is 941. The van der Waals surface area contributed by atoms with Gasteiger partial charge in [0.2, 0.25) is 5.91 Å². The van der Waals surface area contributed by atoms with Crippen LogP contribution in [0.2, 0.25) is 0 Å². The van der Waals surface area contributed by atoms with Crippen LogP contribution in [0.4, 0.5) is 5.69 Å². The second kappa shape index (κ2) is 12.9. The van der Waals surface area contributed by atoms with E-state index in [0.717, 1.165) is 28.7 Å². The highest BCUT2D eigenvalue weighted by Crippen LogP contribution is 2.21. The summed E-state index contributed by atoms with van der Waals surface area (Å²) in [5.74, 6) is 0.0552. The van der Waals surface area contributed by atoms with Crippen LogP contribution in [-0.2, 0) is 16.1 Å². The lowest BCUT2D eigenvalue weighted by atomic mass is 10.2. The first-order valence-electron chi connectivity index (χ1n) is 10.6. The predicted molar refractivity (Wildman–Crippen MR) is 132 cm³/mol. The Hall–Kier alpha value is -2.87. The molecule has 0 heterocycles. The molecule has 0 saturated heterocycles. The second-order valence-electron chi connectivity index (χ2n) is 7.37. The number of ether oxygens (including phenoxy) is 1. The van der Waals surface area contributed by atoms with E-state index in [2.05, 4.69) is 62.7 Å². The molecule has 2 aromatic carbocycles. The van der Waals surface area contributed by atoms with Crippen molar-refractivity contribution < 1.29 is 14.3 Å². The van der Waals surface area contributed by atoms with E-state index in [1.165, 1.54) is 5.69 Å². The number of carbonyl (C=O) groups is 2. The lowest BCUT2D eigenvalue weighted by Gasteiger charge is -2.21. The van der Waals surface area contributed by atoms with Crippen LogP contribution in [-0.4, -0.2) is 37.2 Å². The summed E-state index contributed by atoms with van der Waals surface area (Å²) in [7, 11) is 0. The van der Waals surface area contributed by atoms with E-state index in [4.69, 9.17) is 4.74 Å². The molecule has 0 saturated carbocycles. The van der Waals surface area contributed by atoms with Crippen molar-refractivity contribution in [3.63, 3.8) is 0 Å². The maximum Gasteiger partial charge on any atom is 0.277 e. The average Bonchev–Trinajstić information content (AvgIpc) is 2.78. The third-order valence-corrected chi connectivity index (χ3v) is 5.73. The summed E-state index contributed by atoms with van der Waals surface area (Å²) in [6.45, 7) is 10.1. The topological polar surface area (TPSA) is 83.0 Å². The molecule has 2 amide bonds. The Morgan fingerprint density at radius 1 is 1.06 bits per heavy atom. The molecule has 2 rings (SSSR count). The zero-order chi connectivity index (χ0) is 23.5. The minimum absolute atomic E-state index is 0.102. The smallest absolute Gasteiger partial charge is 0.277 e. The number of benzene rings is 2. The predicted octanol–water partition coefficient (Wildman–Crippen LogP) is 4.18. The number of anilines is 1. The molecule has 0 aliphatic carbocycles. The maximum atomic E-state index is 12.2. The number of nitrogens with zero attached hydrogens (tertiary/aromatic N) is 2. The summed E-state index contributed by atoms with van der Waals surface area (Å²) in [5, 5.41) is 6.85. The highest BCUT2D eigenvalue weighted by molar-refractivity contribution is 9.10. The molecule has 0 atom stereocenters. The van der Waals surface area contributed by atoms with Crippen LogP contribution in [0, 0.1) is 6.92 Å². The van der Waals surface area contributed by atoms with Gasteiger partial charge in [0.25, 0.3) is 5.91 Å². The number of halogens is 1. The molecule has 0 aromatic heterocycles. The molecule has 0 spiro atoms. The zero-order valence-corrected chi connectivity index (χ0v) is 20.7. The summed E-state index contributed by atoms with van der Waals surface area (Å²) >= 11 is 3.42. The zero-order valence-electron chi connectivity index (χ0n) is 19.1. The van der Waals surface area contributed by atoms with E-state index in [9.17, 15) is 9.59 Å². The molecule has 2 aromatic rings. The van der Waals surface area contributed by atoms with Gasteiger partial charge < -0.3 is 15.0 Å². The SMILES string of the molecule is CCN(CC)c1ccc(CNC(=O)C/C(C)=N/NC(=O)COc2ccc(Br)c(C)c2)cc1. The Labute approximate surface area is 198 Å². The Kier molecular flexibility index (Phi) is 10.2. The number of carbonyl (C=O) groups excluding carboxylic acids is 2. The fourth-order valence-electron chi connectivity index (χ4n) is 2.99. The fourth-order valence-corrected chi connectivity index (χ4v) is 3.24. The first-order chi connectivity index (χ1) is 15.3. The highest BCUT2D eigenvalue weighted by atomic mass is 79.9. The molecule has 0 bridgehead atoms. The van der Waals surface area contributed by atoms with Crippen LogP contribution in [0.3, 0.4) is 0 Å². The van der Waals surface area contributed by atoms with Gasteiger partial charge in [-0.3, -0.25) is 9.59 Å². The number of nitrogens with one attached hydrogen (secondary N) is 2. The summed E-state index contributed by atoms with van der Waals surface area (Å²) in [6.07, 6.45) is 0.102. The van der Waals surface area contributed by atoms with Crippen molar-refractivity contribution in [2.24, 2.45) is 5.10 Å². The minimum Gasteiger partial charge on any atom is -0.484 e. The molecular formula is C24H31BrN4O3. The van der Waals surface area contributed by atoms with Crippen LogP contribution in [0.15, 0.2) is 52.0 Å². The minimum atomic E-state index is -0.390. The van der Waals surface area contributed by atoms with E-state index in [1.807, 2.05) is 31.2 Å². The van der Waals surface area contributed by atoms with Gasteiger partial charge in [0.05, 0.1) is 6.42 Å². The molecule has 0 fully saturated rings. The van der Waals surface area contributed by atoms with E-state index in [-0.39, 0.29) is 18.9 Å². The van der Waals surface area contributed by atoms with Gasteiger partial charge in [0.15, 0.2) is 6.61 Å². The standard InChI is InChI=1S/C24H31BrN4O3/c1-5-29(6-2)20-9-7-19(8-10-20)15-26-23(30)14-18(4)27-28-24(31)16-32-21-11-12-22(25)17(3)13-21/h7-13H,5-6,14-16H2,1-4H3,(H,26,30)(H,28,31)/b27-18+. The average molecular weight is 503 g/mol. The van der Waals surface area contributed by atoms with Crippen molar-refractivity contribution in [1.29, 1.82) is 0 Å². The van der Waals surface area contributed by atoms with Crippen LogP contribution in [0.5, 0.6) is 5.75 Å². The lowest BCUT2D eigenvalue weighted by molar-refractivity contribution is -0.123. The number of hydrazone groups is 1. The van der Waals surface area contributed by atoms with Crippen molar-refractivity contribution in [1.82, 2.24) is 10.7 Å². The second-order valence-corrected chi connectivity index (χ2v) is 8.23. The molecule has 32 heavy (non-hydrogen) atoms. The summed E-state index contributed by atoms with van der Waals surface area (Å²) in [4.78, 5) is 26.4. The number of hydrogen-bond donors (Lipinski definition) is 2. The molecule has 0 aliphatic rings. The van der Waals surface area contributed by atoms with Gasteiger partial charge in [-0.15, -0.1) is 0 Å². The van der Waals surface area contributed by atoms with Crippen LogP contribution < -0.4 is 20.4 Å². The van der Waals surface area contributed by atoms with Gasteiger partial charge in [-0.05, 0) is 69.2 Å².